The van der Waals surface area contributed by atoms with Gasteiger partial charge in [0.1, 0.15) is 0 Å². The highest BCUT2D eigenvalue weighted by Crippen LogP contribution is 2.29. The lowest BCUT2D eigenvalue weighted by Gasteiger charge is -2.33. The van der Waals surface area contributed by atoms with Gasteiger partial charge in [0.2, 0.25) is 5.91 Å². The summed E-state index contributed by atoms with van der Waals surface area (Å²) in [4.78, 5) is 15.3. The number of hydrogen-bond acceptors (Lipinski definition) is 3. The molecule has 0 bridgehead atoms. The van der Waals surface area contributed by atoms with Crippen LogP contribution in [0.2, 0.25) is 4.34 Å². The number of amides is 1. The van der Waals surface area contributed by atoms with Crippen molar-refractivity contribution < 1.29 is 4.79 Å². The van der Waals surface area contributed by atoms with Crippen molar-refractivity contribution in [2.24, 2.45) is 11.1 Å². The Bertz CT molecular complexity index is 393. The van der Waals surface area contributed by atoms with Crippen molar-refractivity contribution in [3.63, 3.8) is 0 Å². The Morgan fingerprint density at radius 2 is 2.06 bits per heavy atom. The van der Waals surface area contributed by atoms with E-state index in [1.165, 1.54) is 11.3 Å². The van der Waals surface area contributed by atoms with Crippen LogP contribution in [0.5, 0.6) is 0 Å². The predicted octanol–water partition coefficient (Wildman–Crippen LogP) is 3.13. The molecule has 0 spiro atoms. The normalized spacial score (nSPS) is 11.6. The molecule has 0 saturated carbocycles. The van der Waals surface area contributed by atoms with E-state index in [4.69, 9.17) is 17.3 Å². The van der Waals surface area contributed by atoms with Gasteiger partial charge in [-0.2, -0.15) is 0 Å². The van der Waals surface area contributed by atoms with E-state index in [9.17, 15) is 4.79 Å². The molecule has 1 aromatic heterocycles. The lowest BCUT2D eigenvalue weighted by Crippen LogP contribution is -2.45. The lowest BCUT2D eigenvalue weighted by molar-refractivity contribution is -0.141. The molecule has 0 unspecified atom stereocenters. The molecule has 102 valence electrons. The fraction of sp³-hybridized carbons (Fsp3) is 0.615. The van der Waals surface area contributed by atoms with Gasteiger partial charge in [0.05, 0.1) is 16.3 Å². The largest absolute Gasteiger partial charge is 0.340 e. The second-order valence-electron chi connectivity index (χ2n) is 4.56. The van der Waals surface area contributed by atoms with Gasteiger partial charge in [-0.25, -0.2) is 0 Å². The van der Waals surface area contributed by atoms with Crippen LogP contribution in [0.25, 0.3) is 0 Å². The summed E-state index contributed by atoms with van der Waals surface area (Å²) in [5, 5.41) is 0. The Morgan fingerprint density at radius 1 is 1.44 bits per heavy atom. The highest BCUT2D eigenvalue weighted by atomic mass is 35.5. The van der Waals surface area contributed by atoms with Crippen LogP contribution in [0.4, 0.5) is 0 Å². The maximum atomic E-state index is 12.5. The Balaban J connectivity index is 2.76. The number of carbonyl (C=O) groups excluding carboxylic acids is 1. The number of carbonyl (C=O) groups is 1. The fourth-order valence-electron chi connectivity index (χ4n) is 2.08. The number of rotatable bonds is 6. The Hall–Kier alpha value is -0.580. The minimum absolute atomic E-state index is 0.125. The molecule has 0 aliphatic rings. The molecule has 1 rings (SSSR count). The fourth-order valence-corrected chi connectivity index (χ4v) is 3.22. The third-order valence-electron chi connectivity index (χ3n) is 3.57. The van der Waals surface area contributed by atoms with Gasteiger partial charge in [-0.1, -0.05) is 25.4 Å². The monoisotopic (exact) mass is 288 g/mol. The number of hydrogen-bond donors (Lipinski definition) is 1. The Morgan fingerprint density at radius 3 is 2.44 bits per heavy atom. The van der Waals surface area contributed by atoms with E-state index in [1.807, 2.05) is 33.0 Å². The molecule has 0 aromatic carbocycles. The van der Waals surface area contributed by atoms with Gasteiger partial charge in [-0.15, -0.1) is 11.3 Å². The van der Waals surface area contributed by atoms with Crippen molar-refractivity contribution in [3.8, 4) is 0 Å². The van der Waals surface area contributed by atoms with Crippen LogP contribution in [0.15, 0.2) is 12.1 Å². The van der Waals surface area contributed by atoms with Gasteiger partial charge in [-0.3, -0.25) is 4.79 Å². The summed E-state index contributed by atoms with van der Waals surface area (Å²) in [5.41, 5.74) is 5.38. The zero-order valence-corrected chi connectivity index (χ0v) is 12.8. The van der Waals surface area contributed by atoms with E-state index < -0.39 is 5.41 Å². The molecule has 1 aromatic rings. The van der Waals surface area contributed by atoms with Gasteiger partial charge >= 0.3 is 0 Å². The highest BCUT2D eigenvalue weighted by molar-refractivity contribution is 7.16. The second kappa shape index (κ2) is 6.55. The summed E-state index contributed by atoms with van der Waals surface area (Å²) in [5.74, 6) is 0.125. The van der Waals surface area contributed by atoms with Crippen molar-refractivity contribution in [2.45, 2.75) is 33.2 Å². The summed E-state index contributed by atoms with van der Waals surface area (Å²) >= 11 is 7.40. The lowest BCUT2D eigenvalue weighted by atomic mass is 9.81. The molecule has 0 saturated heterocycles. The molecule has 0 aliphatic carbocycles. The number of nitrogens with zero attached hydrogens (tertiary/aromatic N) is 1. The summed E-state index contributed by atoms with van der Waals surface area (Å²) < 4.78 is 0.752. The van der Waals surface area contributed by atoms with Crippen molar-refractivity contribution >= 4 is 28.8 Å². The standard InChI is InChI=1S/C13H21ClN2OS/c1-4-13(5-2,9-15)12(17)16(3)8-10-6-7-11(14)18-10/h6-7H,4-5,8-9,15H2,1-3H3. The molecule has 0 atom stereocenters. The first kappa shape index (κ1) is 15.5. The Labute approximate surface area is 118 Å². The van der Waals surface area contributed by atoms with Crippen molar-refractivity contribution in [2.75, 3.05) is 13.6 Å². The highest BCUT2D eigenvalue weighted by Gasteiger charge is 2.35. The molecular formula is C13H21ClN2OS. The van der Waals surface area contributed by atoms with E-state index in [-0.39, 0.29) is 5.91 Å². The van der Waals surface area contributed by atoms with Crippen LogP contribution in [0.1, 0.15) is 31.6 Å². The SMILES string of the molecule is CCC(CC)(CN)C(=O)N(C)Cc1ccc(Cl)s1. The van der Waals surface area contributed by atoms with E-state index in [1.54, 1.807) is 4.90 Å². The van der Waals surface area contributed by atoms with Crippen molar-refractivity contribution in [1.82, 2.24) is 4.90 Å². The van der Waals surface area contributed by atoms with Crippen LogP contribution in [0, 0.1) is 5.41 Å². The molecule has 5 heteroatoms. The van der Waals surface area contributed by atoms with Gasteiger partial charge < -0.3 is 10.6 Å². The van der Waals surface area contributed by atoms with Crippen LogP contribution in [-0.4, -0.2) is 24.4 Å². The van der Waals surface area contributed by atoms with E-state index in [0.717, 1.165) is 22.1 Å². The molecule has 18 heavy (non-hydrogen) atoms. The molecule has 0 radical (unpaired) electrons. The molecular weight excluding hydrogens is 268 g/mol. The van der Waals surface area contributed by atoms with Gasteiger partial charge in [-0.05, 0) is 25.0 Å². The molecule has 1 heterocycles. The minimum atomic E-state index is -0.421. The van der Waals surface area contributed by atoms with Gasteiger partial charge in [0.15, 0.2) is 0 Å². The van der Waals surface area contributed by atoms with Crippen LogP contribution >= 0.6 is 22.9 Å². The quantitative estimate of drug-likeness (QED) is 0.874. The molecule has 0 fully saturated rings. The first-order valence-corrected chi connectivity index (χ1v) is 7.38. The Kier molecular flexibility index (Phi) is 5.63. The minimum Gasteiger partial charge on any atom is -0.340 e. The third-order valence-corrected chi connectivity index (χ3v) is 4.78. The topological polar surface area (TPSA) is 46.3 Å². The van der Waals surface area contributed by atoms with Crippen molar-refractivity contribution in [1.29, 1.82) is 0 Å². The zero-order chi connectivity index (χ0) is 13.8. The summed E-state index contributed by atoms with van der Waals surface area (Å²) in [7, 11) is 1.83. The van der Waals surface area contributed by atoms with Gasteiger partial charge in [0, 0.05) is 18.5 Å². The molecule has 1 amide bonds. The summed E-state index contributed by atoms with van der Waals surface area (Å²) in [6, 6.07) is 3.81. The molecule has 2 N–H and O–H groups in total. The predicted molar refractivity (Wildman–Crippen MR) is 77.9 cm³/mol. The first-order valence-electron chi connectivity index (χ1n) is 6.19. The average Bonchev–Trinajstić information content (AvgIpc) is 2.77. The van der Waals surface area contributed by atoms with Crippen LogP contribution in [-0.2, 0) is 11.3 Å². The van der Waals surface area contributed by atoms with E-state index in [2.05, 4.69) is 0 Å². The molecule has 3 nitrogen and oxygen atoms in total. The summed E-state index contributed by atoms with van der Waals surface area (Å²) in [6.07, 6.45) is 1.54. The van der Waals surface area contributed by atoms with Crippen LogP contribution < -0.4 is 5.73 Å². The third kappa shape index (κ3) is 3.25. The maximum Gasteiger partial charge on any atom is 0.230 e. The smallest absolute Gasteiger partial charge is 0.230 e. The first-order chi connectivity index (χ1) is 8.49. The average molecular weight is 289 g/mol. The number of thiophene rings is 1. The number of nitrogens with two attached hydrogens (primary N) is 1. The maximum absolute atomic E-state index is 12.5. The molecule has 0 aliphatic heterocycles. The van der Waals surface area contributed by atoms with Crippen LogP contribution in [0.3, 0.4) is 0 Å². The second-order valence-corrected chi connectivity index (χ2v) is 6.36. The van der Waals surface area contributed by atoms with Crippen molar-refractivity contribution in [3.05, 3.63) is 21.3 Å². The number of halogens is 1. The van der Waals surface area contributed by atoms with E-state index >= 15 is 0 Å². The van der Waals surface area contributed by atoms with E-state index in [0.29, 0.717) is 13.1 Å². The van der Waals surface area contributed by atoms with Gasteiger partial charge in [0.25, 0.3) is 0 Å². The summed E-state index contributed by atoms with van der Waals surface area (Å²) in [6.45, 7) is 5.03. The zero-order valence-electron chi connectivity index (χ0n) is 11.2.